The number of nitrogens with two attached hydrogens (primary N) is 5. The van der Waals surface area contributed by atoms with Crippen LogP contribution < -0.4 is 44.6 Å². The van der Waals surface area contributed by atoms with Crippen LogP contribution in [0.15, 0.2) is 34.3 Å². The summed E-state index contributed by atoms with van der Waals surface area (Å²) in [5.41, 5.74) is 28.0. The predicted octanol–water partition coefficient (Wildman–Crippen LogP) is -3.62. The smallest absolute Gasteiger partial charge is 0.326 e. The van der Waals surface area contributed by atoms with Gasteiger partial charge in [0.15, 0.2) is 11.9 Å². The van der Waals surface area contributed by atoms with E-state index in [1.165, 1.54) is 12.1 Å². The summed E-state index contributed by atoms with van der Waals surface area (Å²) in [5.74, 6) is -5.85. The first-order valence-corrected chi connectivity index (χ1v) is 13.2. The largest absolute Gasteiger partial charge is 0.508 e. The molecule has 0 radical (unpaired) electrons. The Kier molecular flexibility index (Phi) is 15.3. The standard InChI is InChI=1S/C25H40N10O8/c26-15(11-13-5-7-14(36)8-6-13)20(39)33-16(3-1-9-31-24(27)28)21(40)34-17(4-2-10-32-25(29)30)22(41)35-18(23(42)43)12-19(37)38/h5-8,15-18,36H,1-4,9-12,26H2,(H,33,39)(H,34,40)(H,35,41)(H,37,38)(H,42,43)(H4,27,28,31)(H4,29,30,32). The van der Waals surface area contributed by atoms with Crippen molar-refractivity contribution in [2.75, 3.05) is 13.1 Å². The van der Waals surface area contributed by atoms with E-state index in [4.69, 9.17) is 33.8 Å². The van der Waals surface area contributed by atoms with Crippen molar-refractivity contribution < 1.29 is 39.3 Å². The number of rotatable bonds is 19. The summed E-state index contributed by atoms with van der Waals surface area (Å²) in [5, 5.41) is 34.9. The van der Waals surface area contributed by atoms with Crippen LogP contribution in [0.5, 0.6) is 5.75 Å². The molecule has 0 aliphatic heterocycles. The van der Waals surface area contributed by atoms with Gasteiger partial charge in [0, 0.05) is 13.1 Å². The van der Waals surface area contributed by atoms with Crippen molar-refractivity contribution in [1.82, 2.24) is 16.0 Å². The Morgan fingerprint density at radius 2 is 1.16 bits per heavy atom. The number of carboxylic acids is 2. The lowest BCUT2D eigenvalue weighted by atomic mass is 10.0. The topological polar surface area (TPSA) is 337 Å². The number of aliphatic imine (C=N–C) groups is 2. The average molecular weight is 609 g/mol. The first kappa shape index (κ1) is 35.9. The van der Waals surface area contributed by atoms with Gasteiger partial charge in [-0.2, -0.15) is 0 Å². The molecule has 0 aromatic heterocycles. The number of guanidine groups is 2. The lowest BCUT2D eigenvalue weighted by molar-refractivity contribution is -0.147. The normalized spacial score (nSPS) is 13.3. The molecule has 43 heavy (non-hydrogen) atoms. The number of aliphatic carboxylic acids is 2. The van der Waals surface area contributed by atoms with Gasteiger partial charge in [-0.3, -0.25) is 29.2 Å². The number of aromatic hydroxyl groups is 1. The Morgan fingerprint density at radius 3 is 1.58 bits per heavy atom. The van der Waals surface area contributed by atoms with Crippen LogP contribution in [0.1, 0.15) is 37.7 Å². The molecule has 0 aliphatic carbocycles. The number of carbonyl (C=O) groups is 5. The molecule has 0 saturated heterocycles. The van der Waals surface area contributed by atoms with Gasteiger partial charge in [0.05, 0.1) is 12.5 Å². The van der Waals surface area contributed by atoms with Gasteiger partial charge >= 0.3 is 11.9 Å². The molecule has 18 nitrogen and oxygen atoms in total. The van der Waals surface area contributed by atoms with Crippen molar-refractivity contribution in [2.45, 2.75) is 62.7 Å². The molecule has 3 amide bonds. The van der Waals surface area contributed by atoms with E-state index in [0.717, 1.165) is 0 Å². The number of carbonyl (C=O) groups excluding carboxylic acids is 3. The summed E-state index contributed by atoms with van der Waals surface area (Å²) in [7, 11) is 0. The van der Waals surface area contributed by atoms with Crippen LogP contribution in [0, 0.1) is 0 Å². The summed E-state index contributed by atoms with van der Waals surface area (Å²) < 4.78 is 0. The molecule has 0 fully saturated rings. The maximum absolute atomic E-state index is 13.3. The molecule has 4 atom stereocenters. The number of hydrogen-bond donors (Lipinski definition) is 11. The molecular weight excluding hydrogens is 568 g/mol. The van der Waals surface area contributed by atoms with E-state index in [1.807, 2.05) is 0 Å². The molecule has 0 bridgehead atoms. The monoisotopic (exact) mass is 608 g/mol. The van der Waals surface area contributed by atoms with Gasteiger partial charge < -0.3 is 59.9 Å². The van der Waals surface area contributed by atoms with Crippen LogP contribution in [-0.4, -0.2) is 94.2 Å². The summed E-state index contributed by atoms with van der Waals surface area (Å²) >= 11 is 0. The van der Waals surface area contributed by atoms with E-state index in [-0.39, 0.29) is 62.9 Å². The zero-order chi connectivity index (χ0) is 32.5. The minimum absolute atomic E-state index is 0.0272. The summed E-state index contributed by atoms with van der Waals surface area (Å²) in [6, 6.07) is 0.631. The Labute approximate surface area is 247 Å². The fourth-order valence-corrected chi connectivity index (χ4v) is 3.72. The molecule has 4 unspecified atom stereocenters. The Morgan fingerprint density at radius 1 is 0.721 bits per heavy atom. The number of hydrogen-bond acceptors (Lipinski definition) is 9. The zero-order valence-electron chi connectivity index (χ0n) is 23.4. The highest BCUT2D eigenvalue weighted by molar-refractivity contribution is 5.94. The van der Waals surface area contributed by atoms with Gasteiger partial charge in [-0.1, -0.05) is 12.1 Å². The highest BCUT2D eigenvalue weighted by Gasteiger charge is 2.31. The SMILES string of the molecule is NC(N)=NCCCC(NC(=O)C(N)Cc1ccc(O)cc1)C(=O)NC(CCCN=C(N)N)C(=O)NC(CC(=O)O)C(=O)O. The molecule has 1 aromatic rings. The number of benzene rings is 1. The quantitative estimate of drug-likeness (QED) is 0.0411. The van der Waals surface area contributed by atoms with Crippen LogP contribution in [-0.2, 0) is 30.4 Å². The second kappa shape index (κ2) is 18.3. The van der Waals surface area contributed by atoms with Crippen LogP contribution in [0.25, 0.3) is 0 Å². The number of carboxylic acid groups (broad SMARTS) is 2. The Hall–Kier alpha value is -5.13. The maximum Gasteiger partial charge on any atom is 0.326 e. The first-order valence-electron chi connectivity index (χ1n) is 13.2. The van der Waals surface area contributed by atoms with Crippen LogP contribution >= 0.6 is 0 Å². The van der Waals surface area contributed by atoms with Gasteiger partial charge in [0.1, 0.15) is 23.9 Å². The van der Waals surface area contributed by atoms with Crippen LogP contribution in [0.3, 0.4) is 0 Å². The molecule has 1 rings (SSSR count). The summed E-state index contributed by atoms with van der Waals surface area (Å²) in [4.78, 5) is 69.4. The zero-order valence-corrected chi connectivity index (χ0v) is 23.4. The van der Waals surface area contributed by atoms with E-state index in [2.05, 4.69) is 25.9 Å². The van der Waals surface area contributed by atoms with Crippen LogP contribution in [0.4, 0.5) is 0 Å². The Balaban J connectivity index is 3.12. The molecular formula is C25H40N10O8. The van der Waals surface area contributed by atoms with E-state index < -0.39 is 60.2 Å². The molecule has 1 aromatic carbocycles. The lowest BCUT2D eigenvalue weighted by Gasteiger charge is -2.25. The van der Waals surface area contributed by atoms with Gasteiger partial charge in [0.2, 0.25) is 17.7 Å². The van der Waals surface area contributed by atoms with E-state index in [1.54, 1.807) is 12.1 Å². The number of amides is 3. The van der Waals surface area contributed by atoms with Crippen molar-refractivity contribution in [3.63, 3.8) is 0 Å². The number of nitrogens with one attached hydrogen (secondary N) is 3. The molecule has 0 saturated carbocycles. The minimum atomic E-state index is -1.77. The van der Waals surface area contributed by atoms with Crippen molar-refractivity contribution in [3.8, 4) is 5.75 Å². The van der Waals surface area contributed by atoms with Crippen LogP contribution in [0.2, 0.25) is 0 Å². The molecule has 0 aliphatic rings. The third-order valence-corrected chi connectivity index (χ3v) is 5.88. The van der Waals surface area contributed by atoms with Gasteiger partial charge in [-0.05, 0) is 49.8 Å². The van der Waals surface area contributed by atoms with E-state index >= 15 is 0 Å². The molecule has 16 N–H and O–H groups in total. The van der Waals surface area contributed by atoms with E-state index in [0.29, 0.717) is 5.56 Å². The van der Waals surface area contributed by atoms with Gasteiger partial charge in [-0.15, -0.1) is 0 Å². The van der Waals surface area contributed by atoms with Gasteiger partial charge in [-0.25, -0.2) is 4.79 Å². The van der Waals surface area contributed by atoms with Crippen molar-refractivity contribution in [2.24, 2.45) is 38.7 Å². The summed E-state index contributed by atoms with van der Waals surface area (Å²) in [6.45, 7) is 0.198. The Bertz CT molecular complexity index is 1170. The minimum Gasteiger partial charge on any atom is -0.508 e. The molecule has 238 valence electrons. The molecule has 18 heteroatoms. The van der Waals surface area contributed by atoms with Gasteiger partial charge in [0.25, 0.3) is 0 Å². The fraction of sp³-hybridized carbons (Fsp3) is 0.480. The van der Waals surface area contributed by atoms with E-state index in [9.17, 15) is 34.2 Å². The van der Waals surface area contributed by atoms with Crippen molar-refractivity contribution in [1.29, 1.82) is 0 Å². The number of phenolic OH excluding ortho intramolecular Hbond substituents is 1. The lowest BCUT2D eigenvalue weighted by Crippen LogP contribution is -2.57. The highest BCUT2D eigenvalue weighted by atomic mass is 16.4. The molecule has 0 heterocycles. The summed E-state index contributed by atoms with van der Waals surface area (Å²) in [6.07, 6.45) is -0.443. The average Bonchev–Trinajstić information content (AvgIpc) is 2.91. The third kappa shape index (κ3) is 14.9. The first-order chi connectivity index (χ1) is 20.2. The third-order valence-electron chi connectivity index (χ3n) is 5.88. The van der Waals surface area contributed by atoms with Crippen molar-refractivity contribution in [3.05, 3.63) is 29.8 Å². The number of nitrogens with zero attached hydrogens (tertiary/aromatic N) is 2. The predicted molar refractivity (Wildman–Crippen MR) is 155 cm³/mol. The second-order valence-corrected chi connectivity index (χ2v) is 9.49. The second-order valence-electron chi connectivity index (χ2n) is 9.49. The highest BCUT2D eigenvalue weighted by Crippen LogP contribution is 2.11. The van der Waals surface area contributed by atoms with Crippen molar-refractivity contribution >= 4 is 41.6 Å². The number of phenols is 1. The molecule has 0 spiro atoms. The maximum atomic E-state index is 13.3. The fourth-order valence-electron chi connectivity index (χ4n) is 3.72.